The molecule has 108 valence electrons. The number of carbonyl (C=O) groups excluding carboxylic acids is 1. The van der Waals surface area contributed by atoms with Crippen molar-refractivity contribution in [3.8, 4) is 0 Å². The van der Waals surface area contributed by atoms with Gasteiger partial charge in [0.1, 0.15) is 4.32 Å². The third-order valence-corrected chi connectivity index (χ3v) is 4.62. The number of carbonyl (C=O) groups is 1. The minimum Gasteiger partial charge on any atom is -0.309 e. The van der Waals surface area contributed by atoms with E-state index in [1.807, 2.05) is 0 Å². The number of nitrogens with one attached hydrogen (secondary N) is 1. The lowest BCUT2D eigenvalue weighted by atomic mass is 10.3. The summed E-state index contributed by atoms with van der Waals surface area (Å²) < 4.78 is 25.9. The van der Waals surface area contributed by atoms with Crippen LogP contribution < -0.4 is 5.32 Å². The summed E-state index contributed by atoms with van der Waals surface area (Å²) in [5, 5.41) is 9.31. The van der Waals surface area contributed by atoms with Crippen LogP contribution in [0.2, 0.25) is 0 Å². The molecule has 1 atom stereocenters. The highest BCUT2D eigenvalue weighted by atomic mass is 32.2. The van der Waals surface area contributed by atoms with Crippen LogP contribution in [0.1, 0.15) is 0 Å². The van der Waals surface area contributed by atoms with E-state index in [4.69, 9.17) is 17.7 Å². The van der Waals surface area contributed by atoms with Crippen molar-refractivity contribution in [2.45, 2.75) is 10.3 Å². The number of rotatable bonds is 4. The zero-order chi connectivity index (χ0) is 15.5. The van der Waals surface area contributed by atoms with Gasteiger partial charge in [-0.3, -0.25) is 4.79 Å². The predicted molar refractivity (Wildman–Crippen MR) is 79.4 cm³/mol. The second-order valence-corrected chi connectivity index (χ2v) is 6.94. The molecule has 0 radical (unpaired) electrons. The molecular formula is C9H6N6O3S3. The van der Waals surface area contributed by atoms with E-state index in [-0.39, 0.29) is 10.8 Å². The Labute approximate surface area is 128 Å². The smallest absolute Gasteiger partial charge is 0.264 e. The molecule has 1 heterocycles. The molecule has 1 fully saturated rings. The summed E-state index contributed by atoms with van der Waals surface area (Å²) >= 11 is 5.88. The van der Waals surface area contributed by atoms with Crippen molar-refractivity contribution >= 4 is 49.9 Å². The summed E-state index contributed by atoms with van der Waals surface area (Å²) in [4.78, 5) is 13.5. The van der Waals surface area contributed by atoms with Crippen LogP contribution in [-0.2, 0) is 14.8 Å². The average Bonchev–Trinajstić information content (AvgIpc) is 2.75. The van der Waals surface area contributed by atoms with Crippen LogP contribution in [0.3, 0.4) is 0 Å². The van der Waals surface area contributed by atoms with Crippen molar-refractivity contribution in [1.29, 1.82) is 0 Å². The second kappa shape index (κ2) is 6.18. The Hall–Kier alpha value is -2.01. The van der Waals surface area contributed by atoms with E-state index < -0.39 is 15.4 Å². The Morgan fingerprint density at radius 2 is 2.00 bits per heavy atom. The first-order valence-electron chi connectivity index (χ1n) is 5.26. The highest BCUT2D eigenvalue weighted by Crippen LogP contribution is 2.24. The summed E-state index contributed by atoms with van der Waals surface area (Å²) in [6.07, 6.45) is 0. The van der Waals surface area contributed by atoms with Crippen molar-refractivity contribution in [3.05, 3.63) is 34.7 Å². The van der Waals surface area contributed by atoms with Crippen molar-refractivity contribution in [2.75, 3.05) is 0 Å². The number of hydrogen-bond donors (Lipinski definition) is 1. The van der Waals surface area contributed by atoms with E-state index in [0.717, 1.165) is 11.8 Å². The molecule has 12 heteroatoms. The van der Waals surface area contributed by atoms with E-state index in [9.17, 15) is 13.2 Å². The molecular weight excluding hydrogens is 336 g/mol. The fourth-order valence-corrected chi connectivity index (χ4v) is 2.99. The Morgan fingerprint density at radius 3 is 2.52 bits per heavy atom. The molecule has 0 spiro atoms. The lowest BCUT2D eigenvalue weighted by Gasteiger charge is -1.98. The molecule has 0 saturated carbocycles. The first-order chi connectivity index (χ1) is 9.92. The Balaban J connectivity index is 2.15. The topological polar surface area (TPSA) is 137 Å². The van der Waals surface area contributed by atoms with Crippen LogP contribution in [0.15, 0.2) is 43.9 Å². The maximum Gasteiger partial charge on any atom is 0.264 e. The van der Waals surface area contributed by atoms with Crippen LogP contribution in [0.5, 0.6) is 0 Å². The van der Waals surface area contributed by atoms with E-state index in [0.29, 0.717) is 10.0 Å². The summed E-state index contributed by atoms with van der Waals surface area (Å²) in [5.41, 5.74) is 8.51. The molecule has 1 saturated heterocycles. The summed E-state index contributed by atoms with van der Waals surface area (Å²) in [7, 11) is -4.02. The number of azide groups is 1. The van der Waals surface area contributed by atoms with Crippen LogP contribution in [0, 0.1) is 0 Å². The molecule has 1 aromatic carbocycles. The number of thioether (sulfide) groups is 1. The standard InChI is InChI=1S/C9H6N6O3S3/c10-14-15-21(17,18)6-3-1-5(2-4-6)12-13-8-7(16)11-9(19)20-8/h1-4,8H,(H,11,16,19). The fraction of sp³-hybridized carbons (Fsp3) is 0.111. The van der Waals surface area contributed by atoms with E-state index in [1.54, 1.807) is 0 Å². The number of sulfonamides is 1. The number of nitrogens with zero attached hydrogens (tertiary/aromatic N) is 5. The molecule has 2 rings (SSSR count). The van der Waals surface area contributed by atoms with Crippen LogP contribution in [0.4, 0.5) is 5.69 Å². The number of azo groups is 1. The molecule has 0 aromatic heterocycles. The monoisotopic (exact) mass is 342 g/mol. The lowest BCUT2D eigenvalue weighted by molar-refractivity contribution is -0.118. The quantitative estimate of drug-likeness (QED) is 0.387. The third-order valence-electron chi connectivity index (χ3n) is 2.22. The molecule has 0 bridgehead atoms. The number of amides is 1. The largest absolute Gasteiger partial charge is 0.309 e. The van der Waals surface area contributed by atoms with Gasteiger partial charge in [-0.1, -0.05) is 24.0 Å². The minimum atomic E-state index is -4.02. The molecule has 21 heavy (non-hydrogen) atoms. The molecule has 1 aromatic rings. The zero-order valence-electron chi connectivity index (χ0n) is 10.1. The van der Waals surface area contributed by atoms with Gasteiger partial charge >= 0.3 is 0 Å². The molecule has 0 aliphatic carbocycles. The summed E-state index contributed by atoms with van der Waals surface area (Å²) in [5.74, 6) is -0.351. The third kappa shape index (κ3) is 3.76. The van der Waals surface area contributed by atoms with Gasteiger partial charge in [0.15, 0.2) is 0 Å². The molecule has 9 nitrogen and oxygen atoms in total. The fourth-order valence-electron chi connectivity index (χ4n) is 1.32. The van der Waals surface area contributed by atoms with Gasteiger partial charge in [0.25, 0.3) is 15.9 Å². The van der Waals surface area contributed by atoms with Gasteiger partial charge in [-0.15, -0.1) is 0 Å². The maximum atomic E-state index is 11.4. The SMILES string of the molecule is [N-]=[N+]=NS(=O)(=O)c1ccc(N=NC2SC(=S)NC2=O)cc1. The van der Waals surface area contributed by atoms with Gasteiger partial charge in [-0.25, -0.2) is 8.42 Å². The number of thiocarbonyl (C=S) groups is 1. The predicted octanol–water partition coefficient (Wildman–Crippen LogP) is 2.24. The van der Waals surface area contributed by atoms with Crippen molar-refractivity contribution in [1.82, 2.24) is 5.32 Å². The van der Waals surface area contributed by atoms with Gasteiger partial charge in [0.2, 0.25) is 5.37 Å². The summed E-state index contributed by atoms with van der Waals surface area (Å²) in [6, 6.07) is 5.20. The normalized spacial score (nSPS) is 18.6. The molecule has 1 aliphatic rings. The highest BCUT2D eigenvalue weighted by molar-refractivity contribution is 8.24. The number of benzene rings is 1. The van der Waals surface area contributed by atoms with Crippen LogP contribution in [-0.4, -0.2) is 24.0 Å². The molecule has 1 N–H and O–H groups in total. The van der Waals surface area contributed by atoms with Crippen molar-refractivity contribution < 1.29 is 13.2 Å². The Kier molecular flexibility index (Phi) is 4.53. The molecule has 1 aliphatic heterocycles. The van der Waals surface area contributed by atoms with Gasteiger partial charge in [-0.2, -0.15) is 10.2 Å². The van der Waals surface area contributed by atoms with Gasteiger partial charge in [0.05, 0.1) is 10.6 Å². The first-order valence-corrected chi connectivity index (χ1v) is 7.99. The van der Waals surface area contributed by atoms with Crippen LogP contribution in [0.25, 0.3) is 10.4 Å². The lowest BCUT2D eigenvalue weighted by Crippen LogP contribution is -2.22. The zero-order valence-corrected chi connectivity index (χ0v) is 12.5. The Morgan fingerprint density at radius 1 is 1.33 bits per heavy atom. The van der Waals surface area contributed by atoms with Gasteiger partial charge in [-0.05, 0) is 29.8 Å². The minimum absolute atomic E-state index is 0.159. The van der Waals surface area contributed by atoms with Gasteiger partial charge in [0, 0.05) is 9.43 Å². The Bertz CT molecular complexity index is 766. The second-order valence-electron chi connectivity index (χ2n) is 3.60. The van der Waals surface area contributed by atoms with E-state index in [1.165, 1.54) is 24.3 Å². The molecule has 1 unspecified atom stereocenters. The van der Waals surface area contributed by atoms with E-state index >= 15 is 0 Å². The van der Waals surface area contributed by atoms with E-state index in [2.05, 4.69) is 25.0 Å². The average molecular weight is 342 g/mol. The van der Waals surface area contributed by atoms with Gasteiger partial charge < -0.3 is 5.32 Å². The van der Waals surface area contributed by atoms with Crippen LogP contribution >= 0.6 is 24.0 Å². The maximum absolute atomic E-state index is 11.4. The first kappa shape index (κ1) is 15.4. The summed E-state index contributed by atoms with van der Waals surface area (Å²) in [6.45, 7) is 0. The van der Waals surface area contributed by atoms with Crippen molar-refractivity contribution in [3.63, 3.8) is 0 Å². The van der Waals surface area contributed by atoms with Crippen molar-refractivity contribution in [2.24, 2.45) is 14.7 Å². The number of hydrogen-bond acceptors (Lipinski definition) is 7. The highest BCUT2D eigenvalue weighted by Gasteiger charge is 2.28. The molecule has 1 amide bonds.